The number of hydrogen-bond acceptors (Lipinski definition) is 2. The van der Waals surface area contributed by atoms with Crippen molar-refractivity contribution < 1.29 is 0 Å². The summed E-state index contributed by atoms with van der Waals surface area (Å²) in [5.41, 5.74) is 0. The predicted octanol–water partition coefficient (Wildman–Crippen LogP) is 0.512. The lowest BCUT2D eigenvalue weighted by atomic mass is 10.3. The van der Waals surface area contributed by atoms with Crippen molar-refractivity contribution in [2.75, 3.05) is 33.7 Å². The SMILES string of the molecule is CCN(CC)C(C)CNC(=NC)NC. The largest absolute Gasteiger partial charge is 0.359 e. The monoisotopic (exact) mass is 200 g/mol. The minimum atomic E-state index is 0.537. The normalized spacial score (nSPS) is 14.3. The summed E-state index contributed by atoms with van der Waals surface area (Å²) in [4.78, 5) is 6.48. The second-order valence-corrected chi connectivity index (χ2v) is 3.27. The Hall–Kier alpha value is -0.770. The van der Waals surface area contributed by atoms with Gasteiger partial charge in [0, 0.05) is 26.7 Å². The number of nitrogens with zero attached hydrogens (tertiary/aromatic N) is 2. The standard InChI is InChI=1S/C10H24N4/c1-6-14(7-2)9(3)8-13-10(11-4)12-5/h9H,6-8H2,1-5H3,(H2,11,12,13). The Balaban J connectivity index is 3.87. The summed E-state index contributed by atoms with van der Waals surface area (Å²) in [5, 5.41) is 6.27. The van der Waals surface area contributed by atoms with E-state index in [0.717, 1.165) is 25.6 Å². The zero-order valence-corrected chi connectivity index (χ0v) is 10.1. The summed E-state index contributed by atoms with van der Waals surface area (Å²) in [7, 11) is 3.65. The number of likely N-dealkylation sites (N-methyl/N-ethyl adjacent to an activating group) is 1. The van der Waals surface area contributed by atoms with Crippen LogP contribution in [0.4, 0.5) is 0 Å². The Morgan fingerprint density at radius 3 is 2.29 bits per heavy atom. The van der Waals surface area contributed by atoms with Crippen molar-refractivity contribution in [1.82, 2.24) is 15.5 Å². The van der Waals surface area contributed by atoms with Gasteiger partial charge in [-0.2, -0.15) is 0 Å². The Morgan fingerprint density at radius 1 is 1.36 bits per heavy atom. The van der Waals surface area contributed by atoms with Crippen LogP contribution < -0.4 is 10.6 Å². The van der Waals surface area contributed by atoms with E-state index in [2.05, 4.69) is 41.3 Å². The topological polar surface area (TPSA) is 39.7 Å². The van der Waals surface area contributed by atoms with Crippen LogP contribution in [0.3, 0.4) is 0 Å². The predicted molar refractivity (Wildman–Crippen MR) is 62.8 cm³/mol. The van der Waals surface area contributed by atoms with Gasteiger partial charge in [0.25, 0.3) is 0 Å². The Bertz CT molecular complexity index is 164. The second-order valence-electron chi connectivity index (χ2n) is 3.27. The van der Waals surface area contributed by atoms with Crippen molar-refractivity contribution in [3.8, 4) is 0 Å². The molecule has 2 N–H and O–H groups in total. The molecular formula is C10H24N4. The maximum atomic E-state index is 4.07. The highest BCUT2D eigenvalue weighted by molar-refractivity contribution is 5.79. The first-order valence-electron chi connectivity index (χ1n) is 5.31. The summed E-state index contributed by atoms with van der Waals surface area (Å²) < 4.78 is 0. The van der Waals surface area contributed by atoms with Crippen molar-refractivity contribution in [2.24, 2.45) is 4.99 Å². The molecular weight excluding hydrogens is 176 g/mol. The van der Waals surface area contributed by atoms with Crippen LogP contribution in [-0.2, 0) is 0 Å². The number of nitrogens with one attached hydrogen (secondary N) is 2. The summed E-state index contributed by atoms with van der Waals surface area (Å²) in [5.74, 6) is 0.851. The molecule has 0 amide bonds. The van der Waals surface area contributed by atoms with Crippen molar-refractivity contribution in [2.45, 2.75) is 26.8 Å². The van der Waals surface area contributed by atoms with Gasteiger partial charge in [-0.25, -0.2) is 0 Å². The Labute approximate surface area is 87.8 Å². The van der Waals surface area contributed by atoms with Gasteiger partial charge in [0.15, 0.2) is 5.96 Å². The van der Waals surface area contributed by atoms with Gasteiger partial charge < -0.3 is 10.6 Å². The molecule has 1 atom stereocenters. The summed E-state index contributed by atoms with van der Waals surface area (Å²) in [6.07, 6.45) is 0. The van der Waals surface area contributed by atoms with E-state index < -0.39 is 0 Å². The van der Waals surface area contributed by atoms with E-state index in [1.807, 2.05) is 7.05 Å². The van der Waals surface area contributed by atoms with Gasteiger partial charge in [0.1, 0.15) is 0 Å². The zero-order valence-electron chi connectivity index (χ0n) is 10.1. The van der Waals surface area contributed by atoms with Gasteiger partial charge in [-0.05, 0) is 20.0 Å². The van der Waals surface area contributed by atoms with Crippen molar-refractivity contribution >= 4 is 5.96 Å². The van der Waals surface area contributed by atoms with E-state index >= 15 is 0 Å². The molecule has 0 spiro atoms. The van der Waals surface area contributed by atoms with E-state index in [1.165, 1.54) is 0 Å². The van der Waals surface area contributed by atoms with Crippen molar-refractivity contribution in [1.29, 1.82) is 0 Å². The fourth-order valence-electron chi connectivity index (χ4n) is 1.50. The fraction of sp³-hybridized carbons (Fsp3) is 0.900. The van der Waals surface area contributed by atoms with Gasteiger partial charge in [-0.3, -0.25) is 9.89 Å². The second kappa shape index (κ2) is 7.62. The maximum Gasteiger partial charge on any atom is 0.190 e. The van der Waals surface area contributed by atoms with Crippen molar-refractivity contribution in [3.63, 3.8) is 0 Å². The third-order valence-corrected chi connectivity index (χ3v) is 2.46. The summed E-state index contributed by atoms with van der Waals surface area (Å²) in [6.45, 7) is 9.72. The van der Waals surface area contributed by atoms with E-state index in [0.29, 0.717) is 6.04 Å². The van der Waals surface area contributed by atoms with Gasteiger partial charge in [0.05, 0.1) is 0 Å². The number of rotatable bonds is 5. The molecule has 0 saturated heterocycles. The van der Waals surface area contributed by atoms with Crippen LogP contribution in [0, 0.1) is 0 Å². The molecule has 0 aromatic rings. The molecule has 1 unspecified atom stereocenters. The molecule has 4 nitrogen and oxygen atoms in total. The molecule has 84 valence electrons. The van der Waals surface area contributed by atoms with Gasteiger partial charge in [0.2, 0.25) is 0 Å². The highest BCUT2D eigenvalue weighted by Gasteiger charge is 2.09. The number of hydrogen-bond donors (Lipinski definition) is 2. The minimum absolute atomic E-state index is 0.537. The first-order valence-corrected chi connectivity index (χ1v) is 5.31. The van der Waals surface area contributed by atoms with Gasteiger partial charge in [-0.1, -0.05) is 13.8 Å². The molecule has 4 heteroatoms. The van der Waals surface area contributed by atoms with E-state index in [1.54, 1.807) is 7.05 Å². The fourth-order valence-corrected chi connectivity index (χ4v) is 1.50. The molecule has 0 aliphatic rings. The van der Waals surface area contributed by atoms with Crippen LogP contribution in [0.2, 0.25) is 0 Å². The Kier molecular flexibility index (Phi) is 7.20. The third kappa shape index (κ3) is 4.46. The van der Waals surface area contributed by atoms with Crippen LogP contribution in [-0.4, -0.2) is 50.6 Å². The van der Waals surface area contributed by atoms with Crippen LogP contribution in [0.25, 0.3) is 0 Å². The molecule has 0 aromatic carbocycles. The van der Waals surface area contributed by atoms with E-state index in [-0.39, 0.29) is 0 Å². The molecule has 0 fully saturated rings. The quantitative estimate of drug-likeness (QED) is 0.502. The molecule has 0 saturated carbocycles. The maximum absolute atomic E-state index is 4.07. The Morgan fingerprint density at radius 2 is 1.93 bits per heavy atom. The number of aliphatic imine (C=N–C) groups is 1. The average molecular weight is 200 g/mol. The highest BCUT2D eigenvalue weighted by Crippen LogP contribution is 1.95. The molecule has 0 rings (SSSR count). The van der Waals surface area contributed by atoms with E-state index in [4.69, 9.17) is 0 Å². The average Bonchev–Trinajstić information content (AvgIpc) is 2.21. The first kappa shape index (κ1) is 13.2. The first-order chi connectivity index (χ1) is 6.69. The van der Waals surface area contributed by atoms with Crippen LogP contribution >= 0.6 is 0 Å². The molecule has 0 bridgehead atoms. The lowest BCUT2D eigenvalue weighted by molar-refractivity contribution is 0.231. The molecule has 0 aromatic heterocycles. The number of guanidine groups is 1. The van der Waals surface area contributed by atoms with Gasteiger partial charge >= 0.3 is 0 Å². The van der Waals surface area contributed by atoms with Crippen LogP contribution in [0.15, 0.2) is 4.99 Å². The molecule has 0 aliphatic carbocycles. The van der Waals surface area contributed by atoms with Gasteiger partial charge in [-0.15, -0.1) is 0 Å². The molecule has 0 radical (unpaired) electrons. The smallest absolute Gasteiger partial charge is 0.190 e. The summed E-state index contributed by atoms with van der Waals surface area (Å²) >= 11 is 0. The zero-order chi connectivity index (χ0) is 11.0. The highest BCUT2D eigenvalue weighted by atomic mass is 15.2. The van der Waals surface area contributed by atoms with Crippen LogP contribution in [0.5, 0.6) is 0 Å². The summed E-state index contributed by atoms with van der Waals surface area (Å²) in [6, 6.07) is 0.537. The molecule has 0 aliphatic heterocycles. The van der Waals surface area contributed by atoms with E-state index in [9.17, 15) is 0 Å². The molecule has 0 heterocycles. The van der Waals surface area contributed by atoms with Crippen LogP contribution in [0.1, 0.15) is 20.8 Å². The lowest BCUT2D eigenvalue weighted by Gasteiger charge is -2.26. The lowest BCUT2D eigenvalue weighted by Crippen LogP contribution is -2.45. The third-order valence-electron chi connectivity index (χ3n) is 2.46. The minimum Gasteiger partial charge on any atom is -0.359 e. The molecule has 14 heavy (non-hydrogen) atoms. The van der Waals surface area contributed by atoms with Crippen molar-refractivity contribution in [3.05, 3.63) is 0 Å².